The molecule has 6 rings (SSSR count). The van der Waals surface area contributed by atoms with Crippen LogP contribution >= 0.6 is 0 Å². The van der Waals surface area contributed by atoms with Crippen LogP contribution in [-0.4, -0.2) is 42.8 Å². The highest BCUT2D eigenvalue weighted by molar-refractivity contribution is 5.92. The van der Waals surface area contributed by atoms with Gasteiger partial charge in [-0.3, -0.25) is 14.5 Å². The van der Waals surface area contributed by atoms with Gasteiger partial charge in [0.2, 0.25) is 0 Å². The topological polar surface area (TPSA) is 121 Å². The number of pyridine rings is 1. The molecule has 0 saturated heterocycles. The van der Waals surface area contributed by atoms with E-state index in [9.17, 15) is 9.90 Å². The van der Waals surface area contributed by atoms with Crippen molar-refractivity contribution in [1.29, 1.82) is 0 Å². The first kappa shape index (κ1) is 21.1. The molecule has 0 radical (unpaired) electrons. The minimum absolute atomic E-state index is 0.0742. The van der Waals surface area contributed by atoms with Crippen molar-refractivity contribution in [2.45, 2.75) is 13.1 Å². The lowest BCUT2D eigenvalue weighted by Crippen LogP contribution is -2.18. The maximum absolute atomic E-state index is 11.7. The number of imidazole rings is 1. The van der Waals surface area contributed by atoms with Crippen LogP contribution in [0.15, 0.2) is 54.7 Å². The number of aromatic nitrogens is 5. The number of rotatable bonds is 4. The van der Waals surface area contributed by atoms with Crippen molar-refractivity contribution in [3.05, 3.63) is 71.5 Å². The maximum atomic E-state index is 11.7. The predicted octanol–water partition coefficient (Wildman–Crippen LogP) is 3.36. The van der Waals surface area contributed by atoms with E-state index in [1.54, 1.807) is 31.0 Å². The quantitative estimate of drug-likeness (QED) is 0.323. The van der Waals surface area contributed by atoms with Gasteiger partial charge in [-0.1, -0.05) is 30.3 Å². The minimum Gasteiger partial charge on any atom is -0.504 e. The molecule has 0 spiro atoms. The van der Waals surface area contributed by atoms with Crippen LogP contribution in [0, 0.1) is 0 Å². The summed E-state index contributed by atoms with van der Waals surface area (Å²) in [6.45, 7) is 1.70. The smallest absolute Gasteiger partial charge is 0.269 e. The number of nitrogens with one attached hydrogen (secondary N) is 3. The summed E-state index contributed by atoms with van der Waals surface area (Å²) in [5, 5.41) is 21.6. The lowest BCUT2D eigenvalue weighted by atomic mass is 10.0. The van der Waals surface area contributed by atoms with Gasteiger partial charge in [0.05, 0.1) is 11.0 Å². The lowest BCUT2D eigenvalue weighted by molar-refractivity contribution is 0.0958. The number of nitrogens with zero attached hydrogens (tertiary/aromatic N) is 4. The van der Waals surface area contributed by atoms with E-state index in [2.05, 4.69) is 37.8 Å². The number of aromatic amines is 1. The number of aromatic hydroxyl groups is 1. The summed E-state index contributed by atoms with van der Waals surface area (Å²) in [5.41, 5.74) is 8.32. The summed E-state index contributed by atoms with van der Waals surface area (Å²) in [6.07, 6.45) is 1.67. The van der Waals surface area contributed by atoms with E-state index in [1.807, 2.05) is 30.3 Å². The summed E-state index contributed by atoms with van der Waals surface area (Å²) in [4.78, 5) is 24.0. The largest absolute Gasteiger partial charge is 0.504 e. The third-order valence-electron chi connectivity index (χ3n) is 6.40. The maximum Gasteiger partial charge on any atom is 0.269 e. The Hall–Kier alpha value is -4.50. The molecule has 1 amide bonds. The van der Waals surface area contributed by atoms with Gasteiger partial charge >= 0.3 is 0 Å². The molecule has 0 saturated carbocycles. The SMILES string of the molecule is CNC(=O)c1ccc(-c2ccc(-c3nn(C)c(-c4nc5cc6c(cc5[nH]4)CNC6)c3O)cc2)cn1. The summed E-state index contributed by atoms with van der Waals surface area (Å²) in [7, 11) is 3.37. The van der Waals surface area contributed by atoms with Crippen LogP contribution in [-0.2, 0) is 20.1 Å². The fraction of sp³-hybridized carbons (Fsp3) is 0.154. The Balaban J connectivity index is 1.32. The molecule has 4 N–H and O–H groups in total. The molecule has 1 aliphatic rings. The van der Waals surface area contributed by atoms with E-state index in [4.69, 9.17) is 4.98 Å². The van der Waals surface area contributed by atoms with E-state index in [0.717, 1.165) is 40.8 Å². The Morgan fingerprint density at radius 1 is 1.03 bits per heavy atom. The highest BCUT2D eigenvalue weighted by Gasteiger charge is 2.22. The molecule has 0 aliphatic carbocycles. The third-order valence-corrected chi connectivity index (χ3v) is 6.40. The van der Waals surface area contributed by atoms with Crippen molar-refractivity contribution in [3.63, 3.8) is 0 Å². The van der Waals surface area contributed by atoms with Crippen LogP contribution in [0.4, 0.5) is 0 Å². The van der Waals surface area contributed by atoms with Gasteiger partial charge in [-0.25, -0.2) is 4.98 Å². The van der Waals surface area contributed by atoms with E-state index in [1.165, 1.54) is 11.1 Å². The molecule has 0 atom stereocenters. The Kier molecular flexibility index (Phi) is 4.85. The molecule has 2 aromatic carbocycles. The fourth-order valence-electron chi connectivity index (χ4n) is 4.54. The average Bonchev–Trinajstić information content (AvgIpc) is 3.58. The second-order valence-electron chi connectivity index (χ2n) is 8.59. The molecule has 174 valence electrons. The van der Waals surface area contributed by atoms with Crippen LogP contribution < -0.4 is 10.6 Å². The molecule has 0 unspecified atom stereocenters. The van der Waals surface area contributed by atoms with E-state index >= 15 is 0 Å². The first-order valence-electron chi connectivity index (χ1n) is 11.3. The summed E-state index contributed by atoms with van der Waals surface area (Å²) in [5.74, 6) is 0.429. The van der Waals surface area contributed by atoms with Gasteiger partial charge in [-0.05, 0) is 34.9 Å². The molecule has 0 fully saturated rings. The summed E-state index contributed by atoms with van der Waals surface area (Å²) in [6, 6.07) is 15.5. The molecule has 4 heterocycles. The Labute approximate surface area is 200 Å². The third kappa shape index (κ3) is 3.53. The number of fused-ring (bicyclic) bond motifs is 2. The molecule has 5 aromatic rings. The minimum atomic E-state index is -0.223. The van der Waals surface area contributed by atoms with Crippen molar-refractivity contribution in [2.24, 2.45) is 7.05 Å². The molecular formula is C26H23N7O2. The number of carbonyl (C=O) groups is 1. The zero-order valence-corrected chi connectivity index (χ0v) is 19.3. The fourth-order valence-corrected chi connectivity index (χ4v) is 4.54. The summed E-state index contributed by atoms with van der Waals surface area (Å²) >= 11 is 0. The standard InChI is InChI=1S/C26H23N7O2/c1-27-26(35)19-8-7-16(13-29-19)14-3-5-15(6-4-14)22-24(34)23(33(2)32-22)25-30-20-9-17-11-28-12-18(17)10-21(20)31-25/h3-10,13,28,34H,11-12H2,1-2H3,(H,27,35)(H,30,31). The number of hydrogen-bond donors (Lipinski definition) is 4. The van der Waals surface area contributed by atoms with Crippen molar-refractivity contribution in [3.8, 4) is 39.7 Å². The zero-order valence-electron chi connectivity index (χ0n) is 19.3. The first-order chi connectivity index (χ1) is 17.0. The van der Waals surface area contributed by atoms with Crippen LogP contribution in [0.5, 0.6) is 5.75 Å². The first-order valence-corrected chi connectivity index (χ1v) is 11.3. The van der Waals surface area contributed by atoms with Gasteiger partial charge in [-0.15, -0.1) is 0 Å². The van der Waals surface area contributed by atoms with Crippen LogP contribution in [0.2, 0.25) is 0 Å². The van der Waals surface area contributed by atoms with E-state index in [-0.39, 0.29) is 11.7 Å². The number of benzene rings is 2. The highest BCUT2D eigenvalue weighted by atomic mass is 16.3. The second kappa shape index (κ2) is 8.07. The molecule has 35 heavy (non-hydrogen) atoms. The monoisotopic (exact) mass is 465 g/mol. The lowest BCUT2D eigenvalue weighted by Gasteiger charge is -2.05. The van der Waals surface area contributed by atoms with Crippen LogP contribution in [0.3, 0.4) is 0 Å². The number of amides is 1. The molecule has 1 aliphatic heterocycles. The number of hydrogen-bond acceptors (Lipinski definition) is 6. The van der Waals surface area contributed by atoms with Gasteiger partial charge in [0, 0.05) is 44.5 Å². The normalized spacial score (nSPS) is 12.7. The predicted molar refractivity (Wildman–Crippen MR) is 133 cm³/mol. The molecule has 0 bridgehead atoms. The number of H-pyrrole nitrogens is 1. The van der Waals surface area contributed by atoms with Crippen molar-refractivity contribution < 1.29 is 9.90 Å². The van der Waals surface area contributed by atoms with Gasteiger partial charge in [-0.2, -0.15) is 5.10 Å². The zero-order chi connectivity index (χ0) is 24.1. The molecule has 3 aromatic heterocycles. The molecule has 9 heteroatoms. The number of aryl methyl sites for hydroxylation is 1. The van der Waals surface area contributed by atoms with Gasteiger partial charge < -0.3 is 20.7 Å². The highest BCUT2D eigenvalue weighted by Crippen LogP contribution is 2.38. The van der Waals surface area contributed by atoms with Crippen molar-refractivity contribution in [1.82, 2.24) is 35.4 Å². The van der Waals surface area contributed by atoms with E-state index in [0.29, 0.717) is 22.9 Å². The van der Waals surface area contributed by atoms with E-state index < -0.39 is 0 Å². The summed E-state index contributed by atoms with van der Waals surface area (Å²) < 4.78 is 1.65. The van der Waals surface area contributed by atoms with Gasteiger partial charge in [0.15, 0.2) is 11.6 Å². The van der Waals surface area contributed by atoms with Gasteiger partial charge in [0.1, 0.15) is 17.1 Å². The Bertz CT molecular complexity index is 1540. The molecule has 9 nitrogen and oxygen atoms in total. The Morgan fingerprint density at radius 3 is 2.46 bits per heavy atom. The van der Waals surface area contributed by atoms with Crippen molar-refractivity contribution >= 4 is 16.9 Å². The average molecular weight is 466 g/mol. The van der Waals surface area contributed by atoms with Gasteiger partial charge in [0.25, 0.3) is 5.91 Å². The molecular weight excluding hydrogens is 442 g/mol. The van der Waals surface area contributed by atoms with Crippen LogP contribution in [0.25, 0.3) is 44.9 Å². The second-order valence-corrected chi connectivity index (χ2v) is 8.59. The Morgan fingerprint density at radius 2 is 1.74 bits per heavy atom. The number of carbonyl (C=O) groups excluding carboxylic acids is 1. The van der Waals surface area contributed by atoms with Crippen molar-refractivity contribution in [2.75, 3.05) is 7.05 Å². The van der Waals surface area contributed by atoms with Crippen LogP contribution in [0.1, 0.15) is 21.6 Å².